The average molecular weight is 401 g/mol. The highest BCUT2D eigenvalue weighted by molar-refractivity contribution is 5.95. The van der Waals surface area contributed by atoms with Crippen LogP contribution in [0.15, 0.2) is 48.5 Å². The van der Waals surface area contributed by atoms with Gasteiger partial charge in [-0.15, -0.1) is 0 Å². The van der Waals surface area contributed by atoms with Crippen molar-refractivity contribution in [2.75, 3.05) is 6.54 Å². The largest absolute Gasteiger partial charge is 0.347 e. The number of benzene rings is 1. The number of hydrogen-bond acceptors (Lipinski definition) is 4. The van der Waals surface area contributed by atoms with Crippen molar-refractivity contribution in [3.05, 3.63) is 82.4 Å². The standard InChI is InChI=1S/C23H23N5O2/c1-14-6-5-9-18(24-14)23(30)28-11-10-16-20(13-28)26-27-21(16)22(29)25-19-12-17(19)15-7-3-2-4-8-15/h2-9,17,19H,10-13H2,1H3,(H,25,29)(H,26,27)/t17-,19+/m0/s1. The highest BCUT2D eigenvalue weighted by Crippen LogP contribution is 2.40. The molecule has 5 rings (SSSR count). The molecule has 3 heterocycles. The molecule has 1 fully saturated rings. The Morgan fingerprint density at radius 1 is 1.13 bits per heavy atom. The minimum Gasteiger partial charge on any atom is -0.347 e. The first kappa shape index (κ1) is 18.5. The molecule has 2 amide bonds. The van der Waals surface area contributed by atoms with Gasteiger partial charge in [-0.2, -0.15) is 5.10 Å². The molecule has 7 heteroatoms. The van der Waals surface area contributed by atoms with Crippen LogP contribution in [0.4, 0.5) is 0 Å². The van der Waals surface area contributed by atoms with Crippen LogP contribution in [0.5, 0.6) is 0 Å². The van der Waals surface area contributed by atoms with E-state index >= 15 is 0 Å². The number of H-pyrrole nitrogens is 1. The van der Waals surface area contributed by atoms with Crippen LogP contribution in [-0.4, -0.2) is 44.5 Å². The van der Waals surface area contributed by atoms with Gasteiger partial charge in [0.25, 0.3) is 11.8 Å². The zero-order valence-corrected chi connectivity index (χ0v) is 16.8. The first-order valence-electron chi connectivity index (χ1n) is 10.2. The number of aromatic amines is 1. The number of hydrogen-bond donors (Lipinski definition) is 2. The van der Waals surface area contributed by atoms with Crippen molar-refractivity contribution in [2.24, 2.45) is 0 Å². The van der Waals surface area contributed by atoms with E-state index < -0.39 is 0 Å². The van der Waals surface area contributed by atoms with E-state index in [4.69, 9.17) is 0 Å². The van der Waals surface area contributed by atoms with Crippen LogP contribution in [0, 0.1) is 6.92 Å². The minimum absolute atomic E-state index is 0.103. The number of nitrogens with one attached hydrogen (secondary N) is 2. The van der Waals surface area contributed by atoms with Gasteiger partial charge in [0, 0.05) is 29.8 Å². The summed E-state index contributed by atoms with van der Waals surface area (Å²) < 4.78 is 0. The van der Waals surface area contributed by atoms with E-state index in [0.29, 0.717) is 36.8 Å². The van der Waals surface area contributed by atoms with Gasteiger partial charge < -0.3 is 10.2 Å². The van der Waals surface area contributed by atoms with Crippen molar-refractivity contribution in [3.63, 3.8) is 0 Å². The van der Waals surface area contributed by atoms with Gasteiger partial charge in [-0.1, -0.05) is 36.4 Å². The number of pyridine rings is 1. The van der Waals surface area contributed by atoms with Gasteiger partial charge >= 0.3 is 0 Å². The van der Waals surface area contributed by atoms with Gasteiger partial charge in [-0.05, 0) is 37.5 Å². The summed E-state index contributed by atoms with van der Waals surface area (Å²) in [6.45, 7) is 2.81. The molecule has 0 radical (unpaired) electrons. The molecule has 2 atom stereocenters. The molecular weight excluding hydrogens is 378 g/mol. The summed E-state index contributed by atoms with van der Waals surface area (Å²) in [4.78, 5) is 31.6. The number of carbonyl (C=O) groups excluding carboxylic acids is 2. The highest BCUT2D eigenvalue weighted by Gasteiger charge is 2.40. The smallest absolute Gasteiger partial charge is 0.272 e. The van der Waals surface area contributed by atoms with Crippen LogP contribution >= 0.6 is 0 Å². The van der Waals surface area contributed by atoms with Crippen LogP contribution in [0.1, 0.15) is 55.8 Å². The van der Waals surface area contributed by atoms with Crippen LogP contribution in [-0.2, 0) is 13.0 Å². The van der Waals surface area contributed by atoms with Gasteiger partial charge in [0.15, 0.2) is 5.69 Å². The highest BCUT2D eigenvalue weighted by atomic mass is 16.2. The summed E-state index contributed by atoms with van der Waals surface area (Å²) in [6.07, 6.45) is 1.55. The van der Waals surface area contributed by atoms with Crippen LogP contribution in [0.3, 0.4) is 0 Å². The third-order valence-electron chi connectivity index (χ3n) is 5.88. The first-order chi connectivity index (χ1) is 14.6. The van der Waals surface area contributed by atoms with E-state index in [-0.39, 0.29) is 17.9 Å². The number of nitrogens with zero attached hydrogens (tertiary/aromatic N) is 3. The van der Waals surface area contributed by atoms with Gasteiger partial charge in [-0.3, -0.25) is 14.7 Å². The minimum atomic E-state index is -0.143. The van der Waals surface area contributed by atoms with Crippen LogP contribution < -0.4 is 5.32 Å². The fraction of sp³-hybridized carbons (Fsp3) is 0.304. The third-order valence-corrected chi connectivity index (χ3v) is 5.88. The molecule has 0 saturated heterocycles. The van der Waals surface area contributed by atoms with Crippen molar-refractivity contribution >= 4 is 11.8 Å². The van der Waals surface area contributed by atoms with Crippen LogP contribution in [0.25, 0.3) is 0 Å². The third kappa shape index (κ3) is 3.47. The van der Waals surface area contributed by atoms with E-state index in [2.05, 4.69) is 32.6 Å². The lowest BCUT2D eigenvalue weighted by Gasteiger charge is -2.26. The molecule has 1 saturated carbocycles. The zero-order valence-electron chi connectivity index (χ0n) is 16.8. The molecule has 0 spiro atoms. The Morgan fingerprint density at radius 2 is 1.97 bits per heavy atom. The first-order valence-corrected chi connectivity index (χ1v) is 10.2. The summed E-state index contributed by atoms with van der Waals surface area (Å²) in [5.41, 5.74) is 4.69. The molecule has 7 nitrogen and oxygen atoms in total. The Labute approximate surface area is 174 Å². The topological polar surface area (TPSA) is 91.0 Å². The predicted molar refractivity (Wildman–Crippen MR) is 111 cm³/mol. The number of carbonyl (C=O) groups is 2. The Kier molecular flexibility index (Phi) is 4.58. The fourth-order valence-electron chi connectivity index (χ4n) is 4.16. The second-order valence-electron chi connectivity index (χ2n) is 8.00. The summed E-state index contributed by atoms with van der Waals surface area (Å²) >= 11 is 0. The fourth-order valence-corrected chi connectivity index (χ4v) is 4.16. The van der Waals surface area contributed by atoms with Gasteiger partial charge in [0.05, 0.1) is 12.2 Å². The maximum atomic E-state index is 12.8. The lowest BCUT2D eigenvalue weighted by atomic mass is 10.0. The Bertz CT molecular complexity index is 1110. The molecule has 3 aromatic rings. The second kappa shape index (κ2) is 7.40. The zero-order chi connectivity index (χ0) is 20.7. The van der Waals surface area contributed by atoms with Crippen molar-refractivity contribution < 1.29 is 9.59 Å². The van der Waals surface area contributed by atoms with Crippen LogP contribution in [0.2, 0.25) is 0 Å². The van der Waals surface area contributed by atoms with Gasteiger partial charge in [0.1, 0.15) is 5.69 Å². The second-order valence-corrected chi connectivity index (χ2v) is 8.00. The molecule has 30 heavy (non-hydrogen) atoms. The molecule has 1 aliphatic heterocycles. The van der Waals surface area contributed by atoms with E-state index in [1.54, 1.807) is 11.0 Å². The molecule has 1 aliphatic carbocycles. The quantitative estimate of drug-likeness (QED) is 0.703. The Morgan fingerprint density at radius 3 is 2.77 bits per heavy atom. The average Bonchev–Trinajstić information content (AvgIpc) is 3.40. The number of aromatic nitrogens is 3. The molecule has 0 unspecified atom stereocenters. The number of fused-ring (bicyclic) bond motifs is 1. The number of aryl methyl sites for hydroxylation is 1. The molecule has 152 valence electrons. The lowest BCUT2D eigenvalue weighted by molar-refractivity contribution is 0.0726. The maximum Gasteiger partial charge on any atom is 0.272 e. The van der Waals surface area contributed by atoms with E-state index in [0.717, 1.165) is 23.4 Å². The summed E-state index contributed by atoms with van der Waals surface area (Å²) in [7, 11) is 0. The van der Waals surface area contributed by atoms with Gasteiger partial charge in [0.2, 0.25) is 0 Å². The van der Waals surface area contributed by atoms with Crippen molar-refractivity contribution in [2.45, 2.75) is 38.3 Å². The summed E-state index contributed by atoms with van der Waals surface area (Å²) in [5.74, 6) is 0.129. The lowest BCUT2D eigenvalue weighted by Crippen LogP contribution is -2.37. The monoisotopic (exact) mass is 401 g/mol. The Hall–Kier alpha value is -3.48. The number of rotatable bonds is 4. The Balaban J connectivity index is 1.25. The SMILES string of the molecule is Cc1cccc(C(=O)N2CCc3c(C(=O)N[C@@H]4C[C@H]4c4ccccc4)n[nH]c3C2)n1. The molecule has 1 aromatic carbocycles. The summed E-state index contributed by atoms with van der Waals surface area (Å²) in [5, 5.41) is 10.3. The molecular formula is C23H23N5O2. The molecule has 2 aliphatic rings. The van der Waals surface area contributed by atoms with Crippen molar-refractivity contribution in [1.82, 2.24) is 25.4 Å². The number of amides is 2. The van der Waals surface area contributed by atoms with E-state index in [1.807, 2.05) is 37.3 Å². The normalized spacial score (nSPS) is 19.8. The molecule has 2 N–H and O–H groups in total. The maximum absolute atomic E-state index is 12.8. The van der Waals surface area contributed by atoms with Gasteiger partial charge in [-0.25, -0.2) is 4.98 Å². The molecule has 2 aromatic heterocycles. The van der Waals surface area contributed by atoms with Crippen molar-refractivity contribution in [3.8, 4) is 0 Å². The predicted octanol–water partition coefficient (Wildman–Crippen LogP) is 2.60. The van der Waals surface area contributed by atoms with Crippen molar-refractivity contribution in [1.29, 1.82) is 0 Å². The molecule has 0 bridgehead atoms. The van der Waals surface area contributed by atoms with E-state index in [9.17, 15) is 9.59 Å². The summed E-state index contributed by atoms with van der Waals surface area (Å²) in [6, 6.07) is 15.8. The van der Waals surface area contributed by atoms with E-state index in [1.165, 1.54) is 5.56 Å².